The fraction of sp³-hybridized carbons (Fsp3) is 0.875. The molecule has 1 aliphatic heterocycles. The first-order chi connectivity index (χ1) is 10.0. The average Bonchev–Trinajstić information content (AvgIpc) is 2.49. The van der Waals surface area contributed by atoms with E-state index in [9.17, 15) is 14.7 Å². The number of nitrogens with zero attached hydrogens (tertiary/aromatic N) is 1. The van der Waals surface area contributed by atoms with Crippen LogP contribution in [0.5, 0.6) is 0 Å². The maximum Gasteiger partial charge on any atom is 0.335 e. The summed E-state index contributed by atoms with van der Waals surface area (Å²) in [7, 11) is 0. The van der Waals surface area contributed by atoms with Gasteiger partial charge in [0.05, 0.1) is 0 Å². The molecule has 2 fully saturated rings. The molecule has 2 aliphatic rings. The van der Waals surface area contributed by atoms with Gasteiger partial charge < -0.3 is 15.1 Å². The molecule has 5 nitrogen and oxygen atoms in total. The van der Waals surface area contributed by atoms with Gasteiger partial charge in [-0.05, 0) is 18.8 Å². The smallest absolute Gasteiger partial charge is 0.335 e. The molecule has 5 heteroatoms. The van der Waals surface area contributed by atoms with Crippen molar-refractivity contribution in [1.29, 1.82) is 0 Å². The van der Waals surface area contributed by atoms with E-state index < -0.39 is 11.6 Å². The summed E-state index contributed by atoms with van der Waals surface area (Å²) in [6, 6.07) is 0. The van der Waals surface area contributed by atoms with Crippen LogP contribution in [0.2, 0.25) is 0 Å². The number of amides is 1. The van der Waals surface area contributed by atoms with E-state index in [1.54, 1.807) is 4.90 Å². The number of hydrogen-bond donors (Lipinski definition) is 2. The van der Waals surface area contributed by atoms with Crippen molar-refractivity contribution in [3.05, 3.63) is 0 Å². The Morgan fingerprint density at radius 1 is 1.10 bits per heavy atom. The quantitative estimate of drug-likeness (QED) is 0.815. The first-order valence-corrected chi connectivity index (χ1v) is 8.25. The molecule has 0 atom stereocenters. The minimum Gasteiger partial charge on any atom is -0.479 e. The van der Waals surface area contributed by atoms with Gasteiger partial charge in [0.1, 0.15) is 0 Å². The average molecular weight is 297 g/mol. The summed E-state index contributed by atoms with van der Waals surface area (Å²) in [4.78, 5) is 24.8. The van der Waals surface area contributed by atoms with E-state index >= 15 is 0 Å². The van der Waals surface area contributed by atoms with Crippen molar-refractivity contribution in [3.8, 4) is 0 Å². The summed E-state index contributed by atoms with van der Waals surface area (Å²) in [6.07, 6.45) is 9.54. The predicted octanol–water partition coefficient (Wildman–Crippen LogP) is 2.18. The van der Waals surface area contributed by atoms with Crippen molar-refractivity contribution in [1.82, 2.24) is 4.90 Å². The van der Waals surface area contributed by atoms with E-state index in [0.29, 0.717) is 19.5 Å². The number of rotatable bonds is 5. The van der Waals surface area contributed by atoms with Crippen LogP contribution in [0.3, 0.4) is 0 Å². The molecule has 0 bridgehead atoms. The van der Waals surface area contributed by atoms with Crippen LogP contribution in [0.15, 0.2) is 0 Å². The van der Waals surface area contributed by atoms with Crippen LogP contribution >= 0.6 is 0 Å². The van der Waals surface area contributed by atoms with Crippen molar-refractivity contribution in [2.75, 3.05) is 13.1 Å². The van der Waals surface area contributed by atoms with Gasteiger partial charge in [0.2, 0.25) is 5.91 Å². The first-order valence-electron chi connectivity index (χ1n) is 8.25. The standard InChI is InChI=1S/C16H27NO4/c18-14(8-4-7-13-5-2-1-3-6-13)17-11-9-16(21,10-12-17)15(19)20/h13,21H,1-12H2,(H,19,20). The highest BCUT2D eigenvalue weighted by Crippen LogP contribution is 2.28. The van der Waals surface area contributed by atoms with Crippen molar-refractivity contribution in [2.45, 2.75) is 69.8 Å². The third-order valence-corrected chi connectivity index (χ3v) is 5.07. The highest BCUT2D eigenvalue weighted by molar-refractivity contribution is 5.79. The number of piperidine rings is 1. The number of aliphatic hydroxyl groups is 1. The van der Waals surface area contributed by atoms with E-state index in [4.69, 9.17) is 5.11 Å². The zero-order chi connectivity index (χ0) is 15.3. The second-order valence-electron chi connectivity index (χ2n) is 6.61. The lowest BCUT2D eigenvalue weighted by molar-refractivity contribution is -0.165. The molecule has 0 aromatic heterocycles. The number of carboxylic acids is 1. The maximum absolute atomic E-state index is 12.1. The van der Waals surface area contributed by atoms with E-state index in [1.807, 2.05) is 0 Å². The molecule has 0 aromatic carbocycles. The van der Waals surface area contributed by atoms with Gasteiger partial charge in [-0.1, -0.05) is 32.1 Å². The van der Waals surface area contributed by atoms with Crippen molar-refractivity contribution in [2.24, 2.45) is 5.92 Å². The van der Waals surface area contributed by atoms with Crippen LogP contribution in [-0.4, -0.2) is 45.7 Å². The fourth-order valence-corrected chi connectivity index (χ4v) is 3.52. The fourth-order valence-electron chi connectivity index (χ4n) is 3.52. The normalized spacial score (nSPS) is 23.0. The number of likely N-dealkylation sites (tertiary alicyclic amines) is 1. The highest BCUT2D eigenvalue weighted by atomic mass is 16.4. The molecule has 120 valence electrons. The van der Waals surface area contributed by atoms with Crippen LogP contribution in [0.4, 0.5) is 0 Å². The first kappa shape index (κ1) is 16.3. The second-order valence-corrected chi connectivity index (χ2v) is 6.61. The van der Waals surface area contributed by atoms with Crippen molar-refractivity contribution < 1.29 is 19.8 Å². The van der Waals surface area contributed by atoms with Crippen LogP contribution in [0.25, 0.3) is 0 Å². The van der Waals surface area contributed by atoms with Crippen LogP contribution in [0.1, 0.15) is 64.2 Å². The lowest BCUT2D eigenvalue weighted by Gasteiger charge is -2.35. The van der Waals surface area contributed by atoms with Gasteiger partial charge in [-0.25, -0.2) is 4.79 Å². The lowest BCUT2D eigenvalue weighted by Crippen LogP contribution is -2.50. The van der Waals surface area contributed by atoms with E-state index in [2.05, 4.69) is 0 Å². The summed E-state index contributed by atoms with van der Waals surface area (Å²) in [5.74, 6) is -0.268. The van der Waals surface area contributed by atoms with Crippen LogP contribution in [-0.2, 0) is 9.59 Å². The number of carboxylic acid groups (broad SMARTS) is 1. The monoisotopic (exact) mass is 297 g/mol. The van der Waals surface area contributed by atoms with Gasteiger partial charge in [0.25, 0.3) is 0 Å². The van der Waals surface area contributed by atoms with Gasteiger partial charge in [-0.15, -0.1) is 0 Å². The summed E-state index contributed by atoms with van der Waals surface area (Å²) < 4.78 is 0. The van der Waals surface area contributed by atoms with E-state index in [0.717, 1.165) is 18.8 Å². The summed E-state index contributed by atoms with van der Waals surface area (Å²) >= 11 is 0. The Hall–Kier alpha value is -1.10. The molecular weight excluding hydrogens is 270 g/mol. The molecule has 1 saturated carbocycles. The Morgan fingerprint density at radius 2 is 1.71 bits per heavy atom. The van der Waals surface area contributed by atoms with Crippen LogP contribution in [0, 0.1) is 5.92 Å². The minimum absolute atomic E-state index is 0.109. The van der Waals surface area contributed by atoms with Gasteiger partial charge in [-0.2, -0.15) is 0 Å². The minimum atomic E-state index is -1.64. The summed E-state index contributed by atoms with van der Waals surface area (Å²) in [5, 5.41) is 18.8. The molecule has 1 saturated heterocycles. The topological polar surface area (TPSA) is 77.8 Å². The summed E-state index contributed by atoms with van der Waals surface area (Å²) in [6.45, 7) is 0.704. The van der Waals surface area contributed by atoms with Gasteiger partial charge >= 0.3 is 5.97 Å². The Labute approximate surface area is 126 Å². The van der Waals surface area contributed by atoms with Crippen molar-refractivity contribution in [3.63, 3.8) is 0 Å². The van der Waals surface area contributed by atoms with Crippen molar-refractivity contribution >= 4 is 11.9 Å². The molecule has 1 heterocycles. The Morgan fingerprint density at radius 3 is 2.29 bits per heavy atom. The van der Waals surface area contributed by atoms with Crippen LogP contribution < -0.4 is 0 Å². The molecular formula is C16H27NO4. The number of carbonyl (C=O) groups is 2. The largest absolute Gasteiger partial charge is 0.479 e. The molecule has 2 rings (SSSR count). The SMILES string of the molecule is O=C(CCCC1CCCCC1)N1CCC(O)(C(=O)O)CC1. The maximum atomic E-state index is 12.1. The molecule has 0 unspecified atom stereocenters. The molecule has 1 aliphatic carbocycles. The predicted molar refractivity (Wildman–Crippen MR) is 78.8 cm³/mol. The Kier molecular flexibility index (Phi) is 5.62. The third kappa shape index (κ3) is 4.43. The van der Waals surface area contributed by atoms with E-state index in [1.165, 1.54) is 32.1 Å². The lowest BCUT2D eigenvalue weighted by atomic mass is 9.85. The highest BCUT2D eigenvalue weighted by Gasteiger charge is 2.40. The number of hydrogen-bond acceptors (Lipinski definition) is 3. The van der Waals surface area contributed by atoms with Gasteiger partial charge in [-0.3, -0.25) is 4.79 Å². The van der Waals surface area contributed by atoms with Gasteiger partial charge in [0, 0.05) is 32.4 Å². The Balaban J connectivity index is 1.66. The Bertz CT molecular complexity index is 368. The molecule has 0 aromatic rings. The zero-order valence-corrected chi connectivity index (χ0v) is 12.7. The number of aliphatic carboxylic acids is 1. The van der Waals surface area contributed by atoms with Gasteiger partial charge in [0.15, 0.2) is 5.60 Å². The molecule has 1 amide bonds. The molecule has 2 N–H and O–H groups in total. The second kappa shape index (κ2) is 7.25. The zero-order valence-electron chi connectivity index (χ0n) is 12.7. The third-order valence-electron chi connectivity index (χ3n) is 5.07. The molecule has 0 spiro atoms. The molecule has 21 heavy (non-hydrogen) atoms. The molecule has 0 radical (unpaired) electrons. The summed E-state index contributed by atoms with van der Waals surface area (Å²) in [5.41, 5.74) is -1.64. The number of carbonyl (C=O) groups excluding carboxylic acids is 1. The van der Waals surface area contributed by atoms with E-state index in [-0.39, 0.29) is 18.7 Å².